The number of methoxy groups -OCH3 is 1. The van der Waals surface area contributed by atoms with Gasteiger partial charge in [-0.15, -0.1) is 0 Å². The monoisotopic (exact) mass is 611 g/mol. The minimum absolute atomic E-state index is 0.112. The van der Waals surface area contributed by atoms with E-state index in [1.54, 1.807) is 13.8 Å². The second kappa shape index (κ2) is 17.1. The van der Waals surface area contributed by atoms with Crippen LogP contribution in [-0.4, -0.2) is 98.9 Å². The summed E-state index contributed by atoms with van der Waals surface area (Å²) in [4.78, 5) is 73.5. The largest absolute Gasteiger partial charge is 0.465 e. The molecule has 234 valence electrons. The van der Waals surface area contributed by atoms with Gasteiger partial charge in [-0.1, -0.05) is 0 Å². The van der Waals surface area contributed by atoms with Crippen molar-refractivity contribution in [2.75, 3.05) is 26.9 Å². The molecule has 0 unspecified atom stereocenters. The molecule has 0 spiro atoms. The molecule has 0 bridgehead atoms. The standard InChI is InChI=1S/C24H38NO15P/c1-9-34-41(35-10-2)40-24(23(31)32-8)11-18(36-15(5)28)20(25-13(3)26)22(39-24)21(38-17(7)30)19(37-16(6)29)12-33-14(4)27/h18-22H,9-12H2,1-8H3,(H,25,26)/t18-,19+,20+,21+,22+,24-/m0/s1. The number of hydrogen-bond donors (Lipinski definition) is 1. The van der Waals surface area contributed by atoms with E-state index in [2.05, 4.69) is 5.32 Å². The Labute approximate surface area is 238 Å². The zero-order valence-corrected chi connectivity index (χ0v) is 25.2. The number of amides is 1. The van der Waals surface area contributed by atoms with Crippen LogP contribution >= 0.6 is 8.60 Å². The Hall–Kier alpha value is -2.91. The first-order valence-corrected chi connectivity index (χ1v) is 13.7. The molecule has 0 aromatic rings. The molecule has 0 aromatic heterocycles. The van der Waals surface area contributed by atoms with Gasteiger partial charge in [0.15, 0.2) is 12.2 Å². The van der Waals surface area contributed by atoms with Crippen molar-refractivity contribution in [1.82, 2.24) is 5.32 Å². The van der Waals surface area contributed by atoms with E-state index in [9.17, 15) is 28.8 Å². The molecular formula is C24H38NO15P. The highest BCUT2D eigenvalue weighted by Crippen LogP contribution is 2.49. The van der Waals surface area contributed by atoms with Gasteiger partial charge in [-0.3, -0.25) is 28.5 Å². The third-order valence-electron chi connectivity index (χ3n) is 5.19. The number of nitrogens with one attached hydrogen (secondary N) is 1. The molecule has 41 heavy (non-hydrogen) atoms. The molecule has 6 atom stereocenters. The highest BCUT2D eigenvalue weighted by molar-refractivity contribution is 7.41. The minimum atomic E-state index is -2.41. The Kier molecular flexibility index (Phi) is 15.1. The highest BCUT2D eigenvalue weighted by Gasteiger charge is 2.60. The van der Waals surface area contributed by atoms with Gasteiger partial charge < -0.3 is 42.8 Å². The molecule has 0 saturated carbocycles. The van der Waals surface area contributed by atoms with E-state index in [0.29, 0.717) is 0 Å². The van der Waals surface area contributed by atoms with Crippen LogP contribution in [0.2, 0.25) is 0 Å². The SMILES string of the molecule is CCOP(OCC)O[C@]1(C(=O)OC)C[C@H](OC(C)=O)[C@@H](NC(C)=O)[C@H]([C@H](OC(C)=O)[C@@H](COC(C)=O)OC(C)=O)O1. The molecule has 1 amide bonds. The lowest BCUT2D eigenvalue weighted by atomic mass is 9.88. The topological polar surface area (TPSA) is 198 Å². The van der Waals surface area contributed by atoms with E-state index in [1.165, 1.54) is 0 Å². The number of carbonyl (C=O) groups is 6. The molecule has 16 nitrogen and oxygen atoms in total. The van der Waals surface area contributed by atoms with Crippen LogP contribution in [0, 0.1) is 0 Å². The summed E-state index contributed by atoms with van der Waals surface area (Å²) in [7, 11) is -1.21. The summed E-state index contributed by atoms with van der Waals surface area (Å²) in [5.41, 5.74) is 0. The molecule has 1 N–H and O–H groups in total. The van der Waals surface area contributed by atoms with Gasteiger partial charge in [0.05, 0.1) is 32.8 Å². The van der Waals surface area contributed by atoms with Crippen molar-refractivity contribution < 1.29 is 70.8 Å². The summed E-state index contributed by atoms with van der Waals surface area (Å²) < 4.78 is 49.2. The number of hydrogen-bond acceptors (Lipinski definition) is 15. The Morgan fingerprint density at radius 3 is 1.93 bits per heavy atom. The summed E-state index contributed by atoms with van der Waals surface area (Å²) in [6.07, 6.45) is -6.72. The van der Waals surface area contributed by atoms with E-state index in [-0.39, 0.29) is 13.2 Å². The zero-order chi connectivity index (χ0) is 31.3. The van der Waals surface area contributed by atoms with E-state index < -0.39 is 93.6 Å². The molecule has 0 radical (unpaired) electrons. The summed E-state index contributed by atoms with van der Waals surface area (Å²) >= 11 is 0. The number of rotatable bonds is 15. The van der Waals surface area contributed by atoms with Gasteiger partial charge in [0.2, 0.25) is 5.91 Å². The van der Waals surface area contributed by atoms with Gasteiger partial charge in [-0.05, 0) is 13.8 Å². The highest BCUT2D eigenvalue weighted by atomic mass is 31.2. The molecule has 1 heterocycles. The van der Waals surface area contributed by atoms with Crippen LogP contribution in [0.3, 0.4) is 0 Å². The van der Waals surface area contributed by atoms with Crippen LogP contribution in [0.4, 0.5) is 0 Å². The third-order valence-corrected chi connectivity index (χ3v) is 6.57. The predicted molar refractivity (Wildman–Crippen MR) is 136 cm³/mol. The molecular weight excluding hydrogens is 573 g/mol. The van der Waals surface area contributed by atoms with E-state index in [0.717, 1.165) is 41.7 Å². The van der Waals surface area contributed by atoms with Crippen LogP contribution < -0.4 is 5.32 Å². The number of esters is 5. The lowest BCUT2D eigenvalue weighted by Gasteiger charge is -2.48. The molecule has 17 heteroatoms. The van der Waals surface area contributed by atoms with Crippen molar-refractivity contribution in [3.05, 3.63) is 0 Å². The van der Waals surface area contributed by atoms with Crippen LogP contribution in [0.1, 0.15) is 54.9 Å². The van der Waals surface area contributed by atoms with E-state index in [1.807, 2.05) is 0 Å². The Morgan fingerprint density at radius 2 is 1.49 bits per heavy atom. The van der Waals surface area contributed by atoms with Crippen LogP contribution in [0.25, 0.3) is 0 Å². The van der Waals surface area contributed by atoms with Gasteiger partial charge in [-0.2, -0.15) is 0 Å². The normalized spacial score (nSPS) is 23.5. The lowest BCUT2D eigenvalue weighted by Crippen LogP contribution is -2.69. The maximum absolute atomic E-state index is 13.3. The molecule has 0 aromatic carbocycles. The summed E-state index contributed by atoms with van der Waals surface area (Å²) in [5, 5.41) is 2.57. The molecule has 1 fully saturated rings. The van der Waals surface area contributed by atoms with Crippen molar-refractivity contribution in [3.63, 3.8) is 0 Å². The zero-order valence-electron chi connectivity index (χ0n) is 24.3. The average Bonchev–Trinajstić information content (AvgIpc) is 2.85. The summed E-state index contributed by atoms with van der Waals surface area (Å²) in [5.74, 6) is -7.45. The van der Waals surface area contributed by atoms with Crippen LogP contribution in [0.5, 0.6) is 0 Å². The quantitative estimate of drug-likeness (QED) is 0.155. The van der Waals surface area contributed by atoms with Gasteiger partial charge in [0.25, 0.3) is 5.79 Å². The van der Waals surface area contributed by atoms with E-state index in [4.69, 9.17) is 42.0 Å². The second-order valence-corrected chi connectivity index (χ2v) is 9.73. The van der Waals surface area contributed by atoms with Crippen molar-refractivity contribution in [3.8, 4) is 0 Å². The van der Waals surface area contributed by atoms with E-state index >= 15 is 0 Å². The van der Waals surface area contributed by atoms with Crippen molar-refractivity contribution in [2.45, 2.75) is 91.1 Å². The first-order chi connectivity index (χ1) is 19.2. The molecule has 1 aliphatic heterocycles. The van der Waals surface area contributed by atoms with Crippen LogP contribution in [0.15, 0.2) is 0 Å². The van der Waals surface area contributed by atoms with Crippen LogP contribution in [-0.2, 0) is 70.8 Å². The molecule has 0 aliphatic carbocycles. The van der Waals surface area contributed by atoms with Crippen molar-refractivity contribution in [1.29, 1.82) is 0 Å². The molecule has 1 saturated heterocycles. The number of ether oxygens (including phenoxy) is 6. The van der Waals surface area contributed by atoms with Gasteiger partial charge in [-0.25, -0.2) is 4.79 Å². The number of carbonyl (C=O) groups excluding carboxylic acids is 6. The second-order valence-electron chi connectivity index (χ2n) is 8.58. The maximum atomic E-state index is 13.3. The fraction of sp³-hybridized carbons (Fsp3) is 0.750. The Morgan fingerprint density at radius 1 is 0.902 bits per heavy atom. The average molecular weight is 612 g/mol. The maximum Gasteiger partial charge on any atom is 0.367 e. The lowest BCUT2D eigenvalue weighted by molar-refractivity contribution is -0.291. The van der Waals surface area contributed by atoms with Crippen molar-refractivity contribution >= 4 is 44.4 Å². The summed E-state index contributed by atoms with van der Waals surface area (Å²) in [6, 6.07) is -1.32. The minimum Gasteiger partial charge on any atom is -0.465 e. The van der Waals surface area contributed by atoms with Gasteiger partial charge in [0, 0.05) is 34.6 Å². The first kappa shape index (κ1) is 36.1. The van der Waals surface area contributed by atoms with Crippen molar-refractivity contribution in [2.24, 2.45) is 0 Å². The third kappa shape index (κ3) is 11.5. The predicted octanol–water partition coefficient (Wildman–Crippen LogP) is 0.824. The fourth-order valence-corrected chi connectivity index (χ4v) is 4.95. The first-order valence-electron chi connectivity index (χ1n) is 12.6. The molecule has 1 rings (SSSR count). The molecule has 1 aliphatic rings. The summed E-state index contributed by atoms with van der Waals surface area (Å²) in [6.45, 7) is 8.35. The van der Waals surface area contributed by atoms with Gasteiger partial charge >= 0.3 is 38.4 Å². The van der Waals surface area contributed by atoms with Gasteiger partial charge in [0.1, 0.15) is 18.8 Å². The Bertz CT molecular complexity index is 940. The smallest absolute Gasteiger partial charge is 0.367 e. The Balaban J connectivity index is 3.90. The fourth-order valence-electron chi connectivity index (χ4n) is 3.91.